The van der Waals surface area contributed by atoms with E-state index in [0.29, 0.717) is 5.56 Å². The molecule has 0 aliphatic carbocycles. The number of anilines is 1. The van der Waals surface area contributed by atoms with Crippen LogP contribution in [0, 0.1) is 0 Å². The van der Waals surface area contributed by atoms with Gasteiger partial charge in [0, 0.05) is 31.3 Å². The highest BCUT2D eigenvalue weighted by Gasteiger charge is 2.11. The average Bonchev–Trinajstić information content (AvgIpc) is 2.30. The molecule has 0 saturated heterocycles. The monoisotopic (exact) mass is 219 g/mol. The lowest BCUT2D eigenvalue weighted by molar-refractivity contribution is -0.113. The standard InChI is InChI=1S/C13H17NO2/c1-4-14(5-2)12-8-6-11(7-9-12)13(16)10(3)15/h6-9H,4-5H2,1-3H3. The molecule has 0 aliphatic heterocycles. The fourth-order valence-corrected chi connectivity index (χ4v) is 1.62. The number of nitrogens with zero attached hydrogens (tertiary/aromatic N) is 1. The average molecular weight is 219 g/mol. The number of carbonyl (C=O) groups excluding carboxylic acids is 2. The molecule has 0 bridgehead atoms. The summed E-state index contributed by atoms with van der Waals surface area (Å²) in [4.78, 5) is 24.5. The molecular weight excluding hydrogens is 202 g/mol. The number of Topliss-reactive ketones (excluding diaryl/α,β-unsaturated/α-hetero) is 2. The van der Waals surface area contributed by atoms with Gasteiger partial charge >= 0.3 is 0 Å². The molecule has 1 aromatic rings. The lowest BCUT2D eigenvalue weighted by atomic mass is 10.1. The van der Waals surface area contributed by atoms with Gasteiger partial charge in [0.05, 0.1) is 0 Å². The third kappa shape index (κ3) is 2.69. The zero-order chi connectivity index (χ0) is 12.1. The van der Waals surface area contributed by atoms with Crippen LogP contribution in [-0.2, 0) is 4.79 Å². The minimum atomic E-state index is -0.425. The first-order valence-electron chi connectivity index (χ1n) is 5.50. The second-order valence-corrected chi connectivity index (χ2v) is 3.60. The molecule has 0 atom stereocenters. The predicted octanol–water partition coefficient (Wildman–Crippen LogP) is 2.30. The Morgan fingerprint density at radius 3 is 1.94 bits per heavy atom. The van der Waals surface area contributed by atoms with Crippen molar-refractivity contribution in [3.05, 3.63) is 29.8 Å². The molecule has 0 fully saturated rings. The van der Waals surface area contributed by atoms with Gasteiger partial charge in [0.25, 0.3) is 0 Å². The molecule has 0 aromatic heterocycles. The van der Waals surface area contributed by atoms with Crippen molar-refractivity contribution in [2.75, 3.05) is 18.0 Å². The minimum absolute atomic E-state index is 0.421. The molecule has 1 rings (SSSR count). The van der Waals surface area contributed by atoms with Gasteiger partial charge in [-0.15, -0.1) is 0 Å². The molecule has 0 N–H and O–H groups in total. The molecule has 86 valence electrons. The Bertz CT molecular complexity index is 377. The summed E-state index contributed by atoms with van der Waals surface area (Å²) in [5, 5.41) is 0. The highest BCUT2D eigenvalue weighted by molar-refractivity contribution is 6.42. The van der Waals surface area contributed by atoms with Crippen molar-refractivity contribution in [2.45, 2.75) is 20.8 Å². The van der Waals surface area contributed by atoms with Crippen LogP contribution in [0.4, 0.5) is 5.69 Å². The lowest BCUT2D eigenvalue weighted by Gasteiger charge is -2.20. The zero-order valence-corrected chi connectivity index (χ0v) is 9.99. The van der Waals surface area contributed by atoms with Crippen LogP contribution in [-0.4, -0.2) is 24.7 Å². The molecule has 0 heterocycles. The molecule has 3 heteroatoms. The summed E-state index contributed by atoms with van der Waals surface area (Å²) in [6.45, 7) is 7.31. The number of hydrogen-bond donors (Lipinski definition) is 0. The third-order valence-corrected chi connectivity index (χ3v) is 2.58. The Hall–Kier alpha value is -1.64. The van der Waals surface area contributed by atoms with Gasteiger partial charge in [0.1, 0.15) is 0 Å². The molecule has 1 aromatic carbocycles. The Kier molecular flexibility index (Phi) is 4.23. The summed E-state index contributed by atoms with van der Waals surface area (Å²) in [6.07, 6.45) is 0. The Morgan fingerprint density at radius 1 is 1.06 bits per heavy atom. The second-order valence-electron chi connectivity index (χ2n) is 3.60. The Morgan fingerprint density at radius 2 is 1.56 bits per heavy atom. The van der Waals surface area contributed by atoms with Crippen LogP contribution in [0.25, 0.3) is 0 Å². The van der Waals surface area contributed by atoms with Crippen LogP contribution >= 0.6 is 0 Å². The fraction of sp³-hybridized carbons (Fsp3) is 0.385. The van der Waals surface area contributed by atoms with Crippen molar-refractivity contribution in [3.63, 3.8) is 0 Å². The van der Waals surface area contributed by atoms with Crippen molar-refractivity contribution in [3.8, 4) is 0 Å². The summed E-state index contributed by atoms with van der Waals surface area (Å²) < 4.78 is 0. The van der Waals surface area contributed by atoms with Gasteiger partial charge in [-0.2, -0.15) is 0 Å². The van der Waals surface area contributed by atoms with Gasteiger partial charge in [-0.1, -0.05) is 0 Å². The van der Waals surface area contributed by atoms with Gasteiger partial charge in [-0.25, -0.2) is 0 Å². The van der Waals surface area contributed by atoms with E-state index in [9.17, 15) is 9.59 Å². The Labute approximate surface area is 96.1 Å². The smallest absolute Gasteiger partial charge is 0.228 e. The summed E-state index contributed by atoms with van der Waals surface area (Å²) in [5.74, 6) is -0.846. The van der Waals surface area contributed by atoms with E-state index in [0.717, 1.165) is 18.8 Å². The molecule has 3 nitrogen and oxygen atoms in total. The van der Waals surface area contributed by atoms with Crippen LogP contribution in [0.2, 0.25) is 0 Å². The van der Waals surface area contributed by atoms with Gasteiger partial charge in [-0.05, 0) is 38.1 Å². The second kappa shape index (κ2) is 5.45. The normalized spacial score (nSPS) is 9.94. The van der Waals surface area contributed by atoms with E-state index in [1.807, 2.05) is 12.1 Å². The molecule has 0 unspecified atom stereocenters. The number of benzene rings is 1. The molecular formula is C13H17NO2. The van der Waals surface area contributed by atoms with E-state index in [1.54, 1.807) is 12.1 Å². The van der Waals surface area contributed by atoms with E-state index >= 15 is 0 Å². The third-order valence-electron chi connectivity index (χ3n) is 2.58. The maximum absolute atomic E-state index is 11.4. The minimum Gasteiger partial charge on any atom is -0.372 e. The Balaban J connectivity index is 2.90. The molecule has 0 aliphatic rings. The maximum Gasteiger partial charge on any atom is 0.228 e. The molecule has 0 saturated carbocycles. The van der Waals surface area contributed by atoms with Crippen molar-refractivity contribution in [1.82, 2.24) is 0 Å². The van der Waals surface area contributed by atoms with Crippen molar-refractivity contribution in [2.24, 2.45) is 0 Å². The van der Waals surface area contributed by atoms with Crippen LogP contribution in [0.15, 0.2) is 24.3 Å². The van der Waals surface area contributed by atoms with Gasteiger partial charge in [0.15, 0.2) is 5.78 Å². The van der Waals surface area contributed by atoms with Crippen LogP contribution in [0.3, 0.4) is 0 Å². The number of carbonyl (C=O) groups is 2. The van der Waals surface area contributed by atoms with Crippen molar-refractivity contribution in [1.29, 1.82) is 0 Å². The van der Waals surface area contributed by atoms with E-state index in [2.05, 4.69) is 18.7 Å². The number of ketones is 2. The lowest BCUT2D eigenvalue weighted by Crippen LogP contribution is -2.21. The summed E-state index contributed by atoms with van der Waals surface area (Å²) in [5.41, 5.74) is 1.54. The van der Waals surface area contributed by atoms with E-state index in [1.165, 1.54) is 6.92 Å². The quantitative estimate of drug-likeness (QED) is 0.563. The van der Waals surface area contributed by atoms with E-state index in [-0.39, 0.29) is 0 Å². The number of hydrogen-bond acceptors (Lipinski definition) is 3. The first kappa shape index (κ1) is 12.4. The summed E-state index contributed by atoms with van der Waals surface area (Å²) >= 11 is 0. The van der Waals surface area contributed by atoms with Crippen LogP contribution in [0.1, 0.15) is 31.1 Å². The van der Waals surface area contributed by atoms with Crippen LogP contribution < -0.4 is 4.90 Å². The van der Waals surface area contributed by atoms with Gasteiger partial charge in [-0.3, -0.25) is 9.59 Å². The highest BCUT2D eigenvalue weighted by atomic mass is 16.2. The fourth-order valence-electron chi connectivity index (χ4n) is 1.62. The topological polar surface area (TPSA) is 37.4 Å². The van der Waals surface area contributed by atoms with Gasteiger partial charge < -0.3 is 4.90 Å². The van der Waals surface area contributed by atoms with Crippen LogP contribution in [0.5, 0.6) is 0 Å². The molecule has 0 radical (unpaired) electrons. The zero-order valence-electron chi connectivity index (χ0n) is 9.99. The maximum atomic E-state index is 11.4. The van der Waals surface area contributed by atoms with Gasteiger partial charge in [0.2, 0.25) is 5.78 Å². The van der Waals surface area contributed by atoms with Crippen molar-refractivity contribution < 1.29 is 9.59 Å². The molecule has 0 amide bonds. The van der Waals surface area contributed by atoms with E-state index in [4.69, 9.17) is 0 Å². The molecule has 16 heavy (non-hydrogen) atoms. The highest BCUT2D eigenvalue weighted by Crippen LogP contribution is 2.15. The number of rotatable bonds is 5. The SMILES string of the molecule is CCN(CC)c1ccc(C(=O)C(C)=O)cc1. The van der Waals surface area contributed by atoms with E-state index < -0.39 is 11.6 Å². The predicted molar refractivity (Wildman–Crippen MR) is 65.0 cm³/mol. The first-order chi connectivity index (χ1) is 7.60. The molecule has 0 spiro atoms. The van der Waals surface area contributed by atoms with Crippen molar-refractivity contribution >= 4 is 17.3 Å². The summed E-state index contributed by atoms with van der Waals surface area (Å²) in [7, 11) is 0. The first-order valence-corrected chi connectivity index (χ1v) is 5.50. The summed E-state index contributed by atoms with van der Waals surface area (Å²) in [6, 6.07) is 7.17. The largest absolute Gasteiger partial charge is 0.372 e.